The zero-order chi connectivity index (χ0) is 27.8. The van der Waals surface area contributed by atoms with Crippen LogP contribution in [0.5, 0.6) is 0 Å². The third-order valence-corrected chi connectivity index (χ3v) is 6.71. The van der Waals surface area contributed by atoms with Crippen LogP contribution in [0.4, 0.5) is 0 Å². The molecule has 0 fully saturated rings. The zero-order valence-corrected chi connectivity index (χ0v) is 21.8. The van der Waals surface area contributed by atoms with Crippen LogP contribution in [0, 0.1) is 0 Å². The Bertz CT molecular complexity index is 1470. The van der Waals surface area contributed by atoms with Gasteiger partial charge in [-0.15, -0.1) is 0 Å². The number of unbranched alkanes of at least 4 members (excludes halogenated alkanes) is 1. The van der Waals surface area contributed by atoms with E-state index in [4.69, 9.17) is 5.21 Å². The number of hydrogen-bond donors (Lipinski definition) is 4. The van der Waals surface area contributed by atoms with Crippen LogP contribution in [0.15, 0.2) is 72.9 Å². The quantitative estimate of drug-likeness (QED) is 0.159. The van der Waals surface area contributed by atoms with Crippen molar-refractivity contribution in [2.45, 2.75) is 51.6 Å². The van der Waals surface area contributed by atoms with Crippen LogP contribution < -0.4 is 10.8 Å². The number of nitrogens with one attached hydrogen (secondary N) is 2. The molecule has 1 heterocycles. The number of aromatic nitrogens is 2. The number of carbonyl (C=O) groups excluding carboxylic acids is 2. The number of amides is 2. The third-order valence-electron chi connectivity index (χ3n) is 6.71. The Kier molecular flexibility index (Phi) is 9.06. The first-order chi connectivity index (χ1) is 18.9. The maximum atomic E-state index is 13.6. The van der Waals surface area contributed by atoms with Gasteiger partial charge in [-0.25, -0.2) is 15.3 Å². The van der Waals surface area contributed by atoms with E-state index in [1.54, 1.807) is 35.9 Å². The first-order valence-electron chi connectivity index (χ1n) is 13.0. The molecule has 0 saturated heterocycles. The van der Waals surface area contributed by atoms with Crippen molar-refractivity contribution in [3.8, 4) is 0 Å². The minimum absolute atomic E-state index is 0.102. The summed E-state index contributed by atoms with van der Waals surface area (Å²) in [7, 11) is 0. The number of aryl methyl sites for hydroxylation is 1. The molecule has 9 heteroatoms. The molecule has 0 aliphatic rings. The topological polar surface area (TPSA) is 134 Å². The molecule has 1 atom stereocenters. The fraction of sp³-hybridized carbons (Fsp3) is 0.267. The predicted molar refractivity (Wildman–Crippen MR) is 147 cm³/mol. The molecule has 2 amide bonds. The van der Waals surface area contributed by atoms with Crippen molar-refractivity contribution in [3.63, 3.8) is 0 Å². The van der Waals surface area contributed by atoms with Crippen LogP contribution in [-0.2, 0) is 24.2 Å². The summed E-state index contributed by atoms with van der Waals surface area (Å²) < 4.78 is 1.86. The van der Waals surface area contributed by atoms with Gasteiger partial charge in [0.25, 0.3) is 5.91 Å². The fourth-order valence-corrected chi connectivity index (χ4v) is 4.76. The third kappa shape index (κ3) is 6.69. The maximum absolute atomic E-state index is 13.6. The lowest BCUT2D eigenvalue weighted by Crippen LogP contribution is -2.41. The van der Waals surface area contributed by atoms with Crippen LogP contribution in [0.1, 0.15) is 64.0 Å². The molecule has 0 aliphatic heterocycles. The van der Waals surface area contributed by atoms with Crippen molar-refractivity contribution in [2.24, 2.45) is 0 Å². The number of fused-ring (bicyclic) bond motifs is 1. The van der Waals surface area contributed by atoms with E-state index in [1.165, 1.54) is 0 Å². The van der Waals surface area contributed by atoms with Gasteiger partial charge in [0.15, 0.2) is 0 Å². The Morgan fingerprint density at radius 1 is 0.974 bits per heavy atom. The molecule has 4 aromatic rings. The largest absolute Gasteiger partial charge is 0.478 e. The lowest BCUT2D eigenvalue weighted by Gasteiger charge is -2.19. The SMILES string of the molecule is CCCCc1ncc(C(=O)N[C@@H](CC(=O)NO)Cc2ccccc2)n1Cc1ccc(C(=O)O)c2ccccc12. The highest BCUT2D eigenvalue weighted by atomic mass is 16.5. The first kappa shape index (κ1) is 27.5. The second-order valence-corrected chi connectivity index (χ2v) is 9.47. The average molecular weight is 529 g/mol. The molecule has 202 valence electrons. The predicted octanol–water partition coefficient (Wildman–Crippen LogP) is 4.36. The Morgan fingerprint density at radius 3 is 2.38 bits per heavy atom. The molecule has 0 saturated carbocycles. The smallest absolute Gasteiger partial charge is 0.336 e. The van der Waals surface area contributed by atoms with Gasteiger partial charge in [0, 0.05) is 18.9 Å². The van der Waals surface area contributed by atoms with E-state index < -0.39 is 17.9 Å². The van der Waals surface area contributed by atoms with Crippen molar-refractivity contribution in [2.75, 3.05) is 0 Å². The van der Waals surface area contributed by atoms with Crippen LogP contribution in [-0.4, -0.2) is 43.7 Å². The highest BCUT2D eigenvalue weighted by molar-refractivity contribution is 6.04. The Labute approximate surface area is 226 Å². The van der Waals surface area contributed by atoms with Gasteiger partial charge < -0.3 is 15.0 Å². The highest BCUT2D eigenvalue weighted by Gasteiger charge is 2.23. The Morgan fingerprint density at radius 2 is 1.69 bits per heavy atom. The number of imidazole rings is 1. The number of carboxylic acid groups (broad SMARTS) is 1. The van der Waals surface area contributed by atoms with Crippen molar-refractivity contribution in [1.82, 2.24) is 20.3 Å². The molecule has 4 N–H and O–H groups in total. The second kappa shape index (κ2) is 12.8. The summed E-state index contributed by atoms with van der Waals surface area (Å²) in [6.45, 7) is 2.40. The first-order valence-corrected chi connectivity index (χ1v) is 13.0. The van der Waals surface area contributed by atoms with Crippen molar-refractivity contribution in [3.05, 3.63) is 101 Å². The van der Waals surface area contributed by atoms with Crippen LogP contribution in [0.25, 0.3) is 10.8 Å². The maximum Gasteiger partial charge on any atom is 0.336 e. The Hall–Kier alpha value is -4.50. The molecule has 4 rings (SSSR count). The van der Waals surface area contributed by atoms with E-state index in [1.807, 2.05) is 47.0 Å². The second-order valence-electron chi connectivity index (χ2n) is 9.47. The summed E-state index contributed by atoms with van der Waals surface area (Å²) in [4.78, 5) is 41.9. The van der Waals surface area contributed by atoms with Crippen molar-refractivity contribution < 1.29 is 24.7 Å². The lowest BCUT2D eigenvalue weighted by molar-refractivity contribution is -0.129. The van der Waals surface area contributed by atoms with Crippen LogP contribution in [0.2, 0.25) is 0 Å². The van der Waals surface area contributed by atoms with E-state index >= 15 is 0 Å². The standard InChI is InChI=1S/C30H32N4O5/c1-2-3-13-27-31-18-26(29(36)32-22(17-28(35)33-39)16-20-9-5-4-6-10-20)34(27)19-21-14-15-25(30(37)38)24-12-8-7-11-23(21)24/h4-12,14-15,18,22,39H,2-3,13,16-17,19H2,1H3,(H,32,36)(H,33,35)(H,37,38)/t22-/m1/s1. The number of carboxylic acids is 1. The van der Waals surface area contributed by atoms with E-state index in [-0.39, 0.29) is 17.9 Å². The van der Waals surface area contributed by atoms with E-state index in [9.17, 15) is 19.5 Å². The van der Waals surface area contributed by atoms with Gasteiger partial charge >= 0.3 is 5.97 Å². The summed E-state index contributed by atoms with van der Waals surface area (Å²) in [5, 5.41) is 23.1. The summed E-state index contributed by atoms with van der Waals surface area (Å²) >= 11 is 0. The number of hydrogen-bond acceptors (Lipinski definition) is 5. The van der Waals surface area contributed by atoms with Gasteiger partial charge in [-0.1, -0.05) is 74.0 Å². The molecule has 9 nitrogen and oxygen atoms in total. The van der Waals surface area contributed by atoms with Crippen molar-refractivity contribution >= 4 is 28.6 Å². The highest BCUT2D eigenvalue weighted by Crippen LogP contribution is 2.25. The van der Waals surface area contributed by atoms with E-state index in [0.717, 1.165) is 35.2 Å². The minimum Gasteiger partial charge on any atom is -0.478 e. The summed E-state index contributed by atoms with van der Waals surface area (Å²) in [6.07, 6.45) is 4.37. The number of hydroxylamine groups is 1. The molecular formula is C30H32N4O5. The van der Waals surface area contributed by atoms with Gasteiger partial charge in [0.2, 0.25) is 5.91 Å². The van der Waals surface area contributed by atoms with Crippen LogP contribution in [0.3, 0.4) is 0 Å². The monoisotopic (exact) mass is 528 g/mol. The Balaban J connectivity index is 1.67. The summed E-state index contributed by atoms with van der Waals surface area (Å²) in [6, 6.07) is 19.6. The summed E-state index contributed by atoms with van der Waals surface area (Å²) in [5.74, 6) is -1.23. The summed E-state index contributed by atoms with van der Waals surface area (Å²) in [5.41, 5.74) is 4.01. The fourth-order valence-electron chi connectivity index (χ4n) is 4.76. The number of carbonyl (C=O) groups is 3. The lowest BCUT2D eigenvalue weighted by atomic mass is 9.99. The number of aromatic carboxylic acids is 1. The molecule has 0 aliphatic carbocycles. The van der Waals surface area contributed by atoms with Gasteiger partial charge in [0.1, 0.15) is 11.5 Å². The van der Waals surface area contributed by atoms with E-state index in [2.05, 4.69) is 17.2 Å². The van der Waals surface area contributed by atoms with Gasteiger partial charge in [-0.2, -0.15) is 0 Å². The molecule has 0 unspecified atom stereocenters. The molecule has 0 bridgehead atoms. The van der Waals surface area contributed by atoms with Crippen LogP contribution >= 0.6 is 0 Å². The number of rotatable bonds is 12. The van der Waals surface area contributed by atoms with Gasteiger partial charge in [0.05, 0.1) is 18.3 Å². The average Bonchev–Trinajstić information content (AvgIpc) is 3.34. The number of benzene rings is 3. The van der Waals surface area contributed by atoms with E-state index in [0.29, 0.717) is 30.5 Å². The van der Waals surface area contributed by atoms with Gasteiger partial charge in [-0.05, 0) is 40.8 Å². The number of nitrogens with zero attached hydrogens (tertiary/aromatic N) is 2. The molecule has 0 spiro atoms. The molecule has 39 heavy (non-hydrogen) atoms. The minimum atomic E-state index is -1.000. The van der Waals surface area contributed by atoms with Crippen molar-refractivity contribution in [1.29, 1.82) is 0 Å². The van der Waals surface area contributed by atoms with Gasteiger partial charge in [-0.3, -0.25) is 14.8 Å². The molecule has 1 aromatic heterocycles. The molecule has 0 radical (unpaired) electrons. The molecule has 3 aromatic carbocycles. The zero-order valence-electron chi connectivity index (χ0n) is 21.8. The normalized spacial score (nSPS) is 11.7. The molecular weight excluding hydrogens is 496 g/mol.